The van der Waals surface area contributed by atoms with Gasteiger partial charge < -0.3 is 5.73 Å². The van der Waals surface area contributed by atoms with Crippen LogP contribution in [0.1, 0.15) is 12.0 Å². The molecule has 0 fully saturated rings. The maximum atomic E-state index is 5.47. The molecule has 0 aliphatic heterocycles. The van der Waals surface area contributed by atoms with Gasteiger partial charge in [-0.15, -0.1) is 11.3 Å². The van der Waals surface area contributed by atoms with E-state index in [2.05, 4.69) is 29.6 Å². The molecule has 0 saturated carbocycles. The molecule has 0 amide bonds. The van der Waals surface area contributed by atoms with Crippen molar-refractivity contribution in [3.05, 3.63) is 35.2 Å². The molecule has 0 unspecified atom stereocenters. The van der Waals surface area contributed by atoms with E-state index < -0.39 is 0 Å². The van der Waals surface area contributed by atoms with Crippen LogP contribution in [0, 0.1) is 0 Å². The van der Waals surface area contributed by atoms with Crippen molar-refractivity contribution in [2.45, 2.75) is 12.2 Å². The van der Waals surface area contributed by atoms with E-state index in [0.717, 1.165) is 18.7 Å². The van der Waals surface area contributed by atoms with Crippen LogP contribution in [0.2, 0.25) is 0 Å². The minimum atomic E-state index is 0.803. The Hall–Kier alpha value is -0.510. The van der Waals surface area contributed by atoms with Crippen LogP contribution in [-0.4, -0.2) is 12.3 Å². The number of hydrogen-bond donors (Lipinski definition) is 1. The normalized spacial score (nSPS) is 11.0. The fraction of sp³-hybridized carbons (Fsp3) is 0.333. The molecule has 80 valence electrons. The molecule has 1 nitrogen and oxygen atoms in total. The minimum Gasteiger partial charge on any atom is -0.330 e. The second kappa shape index (κ2) is 5.54. The first kappa shape index (κ1) is 11.0. The van der Waals surface area contributed by atoms with Gasteiger partial charge in [0.15, 0.2) is 0 Å². The quantitative estimate of drug-likeness (QED) is 0.806. The van der Waals surface area contributed by atoms with E-state index in [0.29, 0.717) is 0 Å². The summed E-state index contributed by atoms with van der Waals surface area (Å²) < 4.78 is 1.40. The van der Waals surface area contributed by atoms with Crippen molar-refractivity contribution >= 4 is 33.2 Å². The third kappa shape index (κ3) is 2.74. The lowest BCUT2D eigenvalue weighted by Crippen LogP contribution is -1.99. The number of fused-ring (bicyclic) bond motifs is 1. The molecule has 0 saturated heterocycles. The molecular formula is C12H15NS2. The SMILES string of the molecule is NCCCSCc1csc2ccccc12. The van der Waals surface area contributed by atoms with Gasteiger partial charge in [-0.3, -0.25) is 0 Å². The van der Waals surface area contributed by atoms with Crippen molar-refractivity contribution in [3.8, 4) is 0 Å². The Morgan fingerprint density at radius 3 is 3.00 bits per heavy atom. The second-order valence-corrected chi connectivity index (χ2v) is 5.47. The summed E-state index contributed by atoms with van der Waals surface area (Å²) in [7, 11) is 0. The highest BCUT2D eigenvalue weighted by atomic mass is 32.2. The van der Waals surface area contributed by atoms with Gasteiger partial charge in [-0.2, -0.15) is 11.8 Å². The van der Waals surface area contributed by atoms with Gasteiger partial charge in [-0.05, 0) is 41.1 Å². The second-order valence-electron chi connectivity index (χ2n) is 3.45. The molecule has 0 aliphatic rings. The van der Waals surface area contributed by atoms with Gasteiger partial charge in [0, 0.05) is 10.5 Å². The van der Waals surface area contributed by atoms with Crippen molar-refractivity contribution in [1.82, 2.24) is 0 Å². The molecule has 0 spiro atoms. The maximum Gasteiger partial charge on any atom is 0.0345 e. The van der Waals surface area contributed by atoms with Crippen LogP contribution in [0.15, 0.2) is 29.6 Å². The average molecular weight is 237 g/mol. The highest BCUT2D eigenvalue weighted by molar-refractivity contribution is 7.98. The zero-order valence-corrected chi connectivity index (χ0v) is 10.2. The summed E-state index contributed by atoms with van der Waals surface area (Å²) in [6.07, 6.45) is 1.12. The fourth-order valence-electron chi connectivity index (χ4n) is 1.51. The lowest BCUT2D eigenvalue weighted by Gasteiger charge is -1.99. The predicted molar refractivity (Wildman–Crippen MR) is 71.7 cm³/mol. The lowest BCUT2D eigenvalue weighted by atomic mass is 10.2. The number of thiophene rings is 1. The zero-order valence-electron chi connectivity index (χ0n) is 8.61. The summed E-state index contributed by atoms with van der Waals surface area (Å²) in [4.78, 5) is 0. The summed E-state index contributed by atoms with van der Waals surface area (Å²) in [5.74, 6) is 2.28. The van der Waals surface area contributed by atoms with Gasteiger partial charge in [-0.1, -0.05) is 18.2 Å². The standard InChI is InChI=1S/C12H15NS2/c13-6-3-7-14-8-10-9-15-12-5-2-1-4-11(10)12/h1-2,4-5,9H,3,6-8,13H2. The van der Waals surface area contributed by atoms with Crippen LogP contribution in [-0.2, 0) is 5.75 Å². The van der Waals surface area contributed by atoms with Crippen LogP contribution in [0.5, 0.6) is 0 Å². The molecule has 0 aliphatic carbocycles. The molecule has 2 rings (SSSR count). The lowest BCUT2D eigenvalue weighted by molar-refractivity contribution is 0.943. The minimum absolute atomic E-state index is 0.803. The van der Waals surface area contributed by atoms with Crippen molar-refractivity contribution in [2.24, 2.45) is 5.73 Å². The number of hydrogen-bond acceptors (Lipinski definition) is 3. The van der Waals surface area contributed by atoms with Gasteiger partial charge in [-0.25, -0.2) is 0 Å². The summed E-state index contributed by atoms with van der Waals surface area (Å²) >= 11 is 3.82. The first-order valence-corrected chi connectivity index (χ1v) is 7.18. The molecule has 3 heteroatoms. The monoisotopic (exact) mass is 237 g/mol. The fourth-order valence-corrected chi connectivity index (χ4v) is 3.55. The van der Waals surface area contributed by atoms with Gasteiger partial charge in [0.05, 0.1) is 0 Å². The van der Waals surface area contributed by atoms with E-state index in [4.69, 9.17) is 5.73 Å². The van der Waals surface area contributed by atoms with Crippen molar-refractivity contribution in [3.63, 3.8) is 0 Å². The Morgan fingerprint density at radius 1 is 1.27 bits per heavy atom. The number of rotatable bonds is 5. The van der Waals surface area contributed by atoms with E-state index >= 15 is 0 Å². The molecule has 1 heterocycles. The van der Waals surface area contributed by atoms with E-state index in [1.54, 1.807) is 0 Å². The highest BCUT2D eigenvalue weighted by Crippen LogP contribution is 2.28. The Morgan fingerprint density at radius 2 is 2.13 bits per heavy atom. The van der Waals surface area contributed by atoms with E-state index in [9.17, 15) is 0 Å². The van der Waals surface area contributed by atoms with Crippen molar-refractivity contribution < 1.29 is 0 Å². The third-order valence-corrected chi connectivity index (χ3v) is 4.42. The largest absolute Gasteiger partial charge is 0.330 e. The van der Waals surface area contributed by atoms with E-state index in [-0.39, 0.29) is 0 Å². The van der Waals surface area contributed by atoms with Crippen molar-refractivity contribution in [1.29, 1.82) is 0 Å². The Kier molecular flexibility index (Phi) is 4.06. The van der Waals surface area contributed by atoms with Gasteiger partial charge in [0.2, 0.25) is 0 Å². The summed E-state index contributed by atoms with van der Waals surface area (Å²) in [6.45, 7) is 0.803. The number of benzene rings is 1. The average Bonchev–Trinajstić information content (AvgIpc) is 2.68. The molecule has 1 aromatic heterocycles. The van der Waals surface area contributed by atoms with E-state index in [1.165, 1.54) is 21.4 Å². The van der Waals surface area contributed by atoms with Gasteiger partial charge in [0.25, 0.3) is 0 Å². The van der Waals surface area contributed by atoms with Gasteiger partial charge in [0.1, 0.15) is 0 Å². The topological polar surface area (TPSA) is 26.0 Å². The molecule has 15 heavy (non-hydrogen) atoms. The molecule has 0 atom stereocenters. The highest BCUT2D eigenvalue weighted by Gasteiger charge is 2.02. The van der Waals surface area contributed by atoms with E-state index in [1.807, 2.05) is 23.1 Å². The predicted octanol–water partition coefficient (Wildman–Crippen LogP) is 3.48. The van der Waals surface area contributed by atoms with Crippen LogP contribution in [0.4, 0.5) is 0 Å². The van der Waals surface area contributed by atoms with Crippen LogP contribution in [0.25, 0.3) is 10.1 Å². The zero-order chi connectivity index (χ0) is 10.5. The molecule has 1 aromatic carbocycles. The third-order valence-electron chi connectivity index (χ3n) is 2.31. The molecular weight excluding hydrogens is 222 g/mol. The summed E-state index contributed by atoms with van der Waals surface area (Å²) in [5.41, 5.74) is 6.94. The Labute approximate surface area is 98.7 Å². The number of thioether (sulfide) groups is 1. The first-order valence-electron chi connectivity index (χ1n) is 5.15. The smallest absolute Gasteiger partial charge is 0.0345 e. The van der Waals surface area contributed by atoms with Crippen LogP contribution >= 0.6 is 23.1 Å². The maximum absolute atomic E-state index is 5.47. The first-order chi connectivity index (χ1) is 7.42. The van der Waals surface area contributed by atoms with Crippen LogP contribution < -0.4 is 5.73 Å². The van der Waals surface area contributed by atoms with Crippen LogP contribution in [0.3, 0.4) is 0 Å². The summed E-state index contributed by atoms with van der Waals surface area (Å²) in [6, 6.07) is 8.62. The molecule has 2 N–H and O–H groups in total. The Balaban J connectivity index is 2.02. The molecule has 0 radical (unpaired) electrons. The van der Waals surface area contributed by atoms with Crippen molar-refractivity contribution in [2.75, 3.05) is 12.3 Å². The molecule has 2 aromatic rings. The van der Waals surface area contributed by atoms with Gasteiger partial charge >= 0.3 is 0 Å². The number of nitrogens with two attached hydrogens (primary N) is 1. The Bertz CT molecular complexity index is 422. The molecule has 0 bridgehead atoms. The summed E-state index contributed by atoms with van der Waals surface area (Å²) in [5, 5.41) is 3.70.